The number of amides is 1. The van der Waals surface area contributed by atoms with Gasteiger partial charge in [0.25, 0.3) is 5.91 Å². The summed E-state index contributed by atoms with van der Waals surface area (Å²) < 4.78 is 0. The maximum atomic E-state index is 12.7. The molecule has 0 aliphatic carbocycles. The van der Waals surface area contributed by atoms with Gasteiger partial charge < -0.3 is 15.3 Å². The fourth-order valence-electron chi connectivity index (χ4n) is 3.49. The van der Waals surface area contributed by atoms with E-state index in [0.29, 0.717) is 19.5 Å². The molecule has 146 valence electrons. The Balaban J connectivity index is 1.49. The van der Waals surface area contributed by atoms with Gasteiger partial charge in [-0.2, -0.15) is 0 Å². The van der Waals surface area contributed by atoms with Crippen LogP contribution in [0.15, 0.2) is 42.1 Å². The van der Waals surface area contributed by atoms with Gasteiger partial charge in [-0.3, -0.25) is 19.4 Å². The van der Waals surface area contributed by atoms with Gasteiger partial charge in [0.1, 0.15) is 0 Å². The SMILES string of the molecule is O=C1CCN(c2ccccc2)C(=O)/C1=C\NCCN1CCN(CCO)CC1. The Labute approximate surface area is 160 Å². The number of nitrogens with one attached hydrogen (secondary N) is 1. The highest BCUT2D eigenvalue weighted by Crippen LogP contribution is 2.21. The van der Waals surface area contributed by atoms with Crippen molar-refractivity contribution < 1.29 is 14.7 Å². The number of anilines is 1. The lowest BCUT2D eigenvalue weighted by Gasteiger charge is -2.34. The zero-order chi connectivity index (χ0) is 19.1. The number of piperazine rings is 1. The van der Waals surface area contributed by atoms with Crippen LogP contribution in [0.25, 0.3) is 0 Å². The summed E-state index contributed by atoms with van der Waals surface area (Å²) in [5.41, 5.74) is 1.06. The smallest absolute Gasteiger partial charge is 0.263 e. The van der Waals surface area contributed by atoms with E-state index in [-0.39, 0.29) is 23.9 Å². The van der Waals surface area contributed by atoms with Gasteiger partial charge in [-0.25, -0.2) is 0 Å². The summed E-state index contributed by atoms with van der Waals surface area (Å²) in [7, 11) is 0. The van der Waals surface area contributed by atoms with Crippen molar-refractivity contribution in [1.82, 2.24) is 15.1 Å². The molecule has 2 aliphatic rings. The zero-order valence-corrected chi connectivity index (χ0v) is 15.6. The summed E-state index contributed by atoms with van der Waals surface area (Å²) in [6, 6.07) is 9.46. The molecule has 0 unspecified atom stereocenters. The number of Topliss-reactive ketones (excluding diaryl/α,β-unsaturated/α-hetero) is 1. The van der Waals surface area contributed by atoms with Crippen LogP contribution in [-0.4, -0.2) is 85.6 Å². The number of β-amino-alcohol motifs (C(OH)–C–C–N with tert-alkyl or cyclic N) is 1. The molecule has 3 rings (SSSR count). The Bertz CT molecular complexity index is 669. The fraction of sp³-hybridized carbons (Fsp3) is 0.500. The molecule has 2 aliphatic heterocycles. The van der Waals surface area contributed by atoms with Gasteiger partial charge in [-0.1, -0.05) is 18.2 Å². The number of benzene rings is 1. The number of hydrogen-bond donors (Lipinski definition) is 2. The summed E-state index contributed by atoms with van der Waals surface area (Å²) in [6.45, 7) is 6.79. The third-order valence-corrected chi connectivity index (χ3v) is 5.11. The van der Waals surface area contributed by atoms with E-state index in [1.54, 1.807) is 11.1 Å². The van der Waals surface area contributed by atoms with E-state index in [4.69, 9.17) is 5.11 Å². The molecule has 7 heteroatoms. The quantitative estimate of drug-likeness (QED) is 0.401. The zero-order valence-electron chi connectivity index (χ0n) is 15.6. The van der Waals surface area contributed by atoms with Gasteiger partial charge in [0.05, 0.1) is 12.2 Å². The number of ketones is 1. The molecule has 1 aromatic rings. The Morgan fingerprint density at radius 2 is 1.63 bits per heavy atom. The number of para-hydroxylation sites is 1. The summed E-state index contributed by atoms with van der Waals surface area (Å²) >= 11 is 0. The number of aliphatic hydroxyl groups excluding tert-OH is 1. The van der Waals surface area contributed by atoms with Crippen molar-refractivity contribution in [2.75, 3.05) is 63.9 Å². The Kier molecular flexibility index (Phi) is 6.98. The number of piperidine rings is 1. The maximum Gasteiger partial charge on any atom is 0.263 e. The molecule has 2 heterocycles. The van der Waals surface area contributed by atoms with Crippen LogP contribution < -0.4 is 10.2 Å². The van der Waals surface area contributed by atoms with E-state index in [2.05, 4.69) is 15.1 Å². The van der Waals surface area contributed by atoms with Gasteiger partial charge in [-0.05, 0) is 12.1 Å². The molecule has 0 saturated carbocycles. The van der Waals surface area contributed by atoms with Gasteiger partial charge in [0, 0.05) is 70.7 Å². The van der Waals surface area contributed by atoms with Crippen molar-refractivity contribution in [3.63, 3.8) is 0 Å². The van der Waals surface area contributed by atoms with Crippen molar-refractivity contribution in [3.05, 3.63) is 42.1 Å². The predicted octanol–water partition coefficient (Wildman–Crippen LogP) is 0.0758. The lowest BCUT2D eigenvalue weighted by atomic mass is 10.0. The van der Waals surface area contributed by atoms with E-state index in [1.807, 2.05) is 30.3 Å². The number of nitrogens with zero attached hydrogens (tertiary/aromatic N) is 3. The van der Waals surface area contributed by atoms with E-state index < -0.39 is 0 Å². The summed E-state index contributed by atoms with van der Waals surface area (Å²) in [6.07, 6.45) is 1.93. The molecule has 1 amide bonds. The van der Waals surface area contributed by atoms with Crippen LogP contribution in [0.5, 0.6) is 0 Å². The number of carbonyl (C=O) groups excluding carboxylic acids is 2. The topological polar surface area (TPSA) is 76.1 Å². The van der Waals surface area contributed by atoms with E-state index in [9.17, 15) is 9.59 Å². The molecule has 0 spiro atoms. The van der Waals surface area contributed by atoms with Crippen molar-refractivity contribution >= 4 is 17.4 Å². The van der Waals surface area contributed by atoms with Crippen LogP contribution in [0.1, 0.15) is 6.42 Å². The average Bonchev–Trinajstić information content (AvgIpc) is 2.69. The molecule has 1 aromatic carbocycles. The highest BCUT2D eigenvalue weighted by atomic mass is 16.3. The molecule has 2 saturated heterocycles. The molecule has 2 fully saturated rings. The number of hydrogen-bond acceptors (Lipinski definition) is 6. The molecule has 0 bridgehead atoms. The van der Waals surface area contributed by atoms with E-state index in [0.717, 1.165) is 45.0 Å². The number of rotatable bonds is 7. The molecular weight excluding hydrogens is 344 g/mol. The first-order chi connectivity index (χ1) is 13.2. The minimum atomic E-state index is -0.234. The van der Waals surface area contributed by atoms with Crippen LogP contribution in [0.2, 0.25) is 0 Å². The second-order valence-corrected chi connectivity index (χ2v) is 6.88. The van der Waals surface area contributed by atoms with Crippen molar-refractivity contribution in [3.8, 4) is 0 Å². The monoisotopic (exact) mass is 372 g/mol. The molecule has 0 atom stereocenters. The van der Waals surface area contributed by atoms with Gasteiger partial charge in [0.15, 0.2) is 5.78 Å². The number of aliphatic hydroxyl groups is 1. The first kappa shape index (κ1) is 19.5. The van der Waals surface area contributed by atoms with Gasteiger partial charge in [-0.15, -0.1) is 0 Å². The largest absolute Gasteiger partial charge is 0.395 e. The standard InChI is InChI=1S/C20H28N4O3/c25-15-14-23-12-10-22(11-13-23)9-7-21-16-18-19(26)6-8-24(20(18)27)17-4-2-1-3-5-17/h1-5,16,21,25H,6-15H2/b18-16-. The molecule has 0 aromatic heterocycles. The fourth-order valence-corrected chi connectivity index (χ4v) is 3.49. The summed E-state index contributed by atoms with van der Waals surface area (Å²) in [5, 5.41) is 12.1. The third-order valence-electron chi connectivity index (χ3n) is 5.11. The highest BCUT2D eigenvalue weighted by Gasteiger charge is 2.30. The van der Waals surface area contributed by atoms with Gasteiger partial charge >= 0.3 is 0 Å². The predicted molar refractivity (Wildman–Crippen MR) is 104 cm³/mol. The lowest BCUT2D eigenvalue weighted by molar-refractivity contribution is -0.123. The Morgan fingerprint density at radius 1 is 0.963 bits per heavy atom. The minimum absolute atomic E-state index is 0.0997. The van der Waals surface area contributed by atoms with Crippen molar-refractivity contribution in [1.29, 1.82) is 0 Å². The molecule has 2 N–H and O–H groups in total. The minimum Gasteiger partial charge on any atom is -0.395 e. The van der Waals surface area contributed by atoms with Crippen LogP contribution in [0.4, 0.5) is 5.69 Å². The van der Waals surface area contributed by atoms with Gasteiger partial charge in [0.2, 0.25) is 0 Å². The van der Waals surface area contributed by atoms with Crippen molar-refractivity contribution in [2.24, 2.45) is 0 Å². The van der Waals surface area contributed by atoms with Crippen LogP contribution in [0.3, 0.4) is 0 Å². The van der Waals surface area contributed by atoms with Crippen LogP contribution in [0, 0.1) is 0 Å². The Hall–Kier alpha value is -2.22. The first-order valence-electron chi connectivity index (χ1n) is 9.58. The van der Waals surface area contributed by atoms with Crippen LogP contribution in [-0.2, 0) is 9.59 Å². The normalized spacial score (nSPS) is 21.1. The maximum absolute atomic E-state index is 12.7. The first-order valence-corrected chi connectivity index (χ1v) is 9.58. The molecule has 0 radical (unpaired) electrons. The summed E-state index contributed by atoms with van der Waals surface area (Å²) in [5.74, 6) is -0.333. The second kappa shape index (κ2) is 9.64. The van der Waals surface area contributed by atoms with E-state index in [1.165, 1.54) is 0 Å². The number of carbonyl (C=O) groups is 2. The highest BCUT2D eigenvalue weighted by molar-refractivity contribution is 6.26. The lowest BCUT2D eigenvalue weighted by Crippen LogP contribution is -2.48. The molecule has 27 heavy (non-hydrogen) atoms. The molecular formula is C20H28N4O3. The van der Waals surface area contributed by atoms with Crippen molar-refractivity contribution in [2.45, 2.75) is 6.42 Å². The summed E-state index contributed by atoms with van der Waals surface area (Å²) in [4.78, 5) is 31.1. The average molecular weight is 372 g/mol. The van der Waals surface area contributed by atoms with Crippen LogP contribution >= 0.6 is 0 Å². The molecule has 7 nitrogen and oxygen atoms in total. The Morgan fingerprint density at radius 3 is 2.30 bits per heavy atom. The van der Waals surface area contributed by atoms with E-state index >= 15 is 0 Å². The second-order valence-electron chi connectivity index (χ2n) is 6.88. The third kappa shape index (κ3) is 5.15.